The van der Waals surface area contributed by atoms with Crippen molar-refractivity contribution >= 4 is 32.9 Å². The topological polar surface area (TPSA) is 93.4 Å². The fourth-order valence-corrected chi connectivity index (χ4v) is 5.23. The Morgan fingerprint density at radius 3 is 2.59 bits per heavy atom. The molecule has 0 unspecified atom stereocenters. The molecule has 0 spiro atoms. The average Bonchev–Trinajstić information content (AvgIpc) is 2.47. The summed E-state index contributed by atoms with van der Waals surface area (Å²) in [5, 5.41) is 10.9. The van der Waals surface area contributed by atoms with Crippen LogP contribution in [0.1, 0.15) is 26.7 Å². The van der Waals surface area contributed by atoms with Crippen LogP contribution < -0.4 is 4.90 Å². The first-order chi connectivity index (χ1) is 10.3. The molecule has 0 aromatic carbocycles. The number of hydrogen-bond acceptors (Lipinski definition) is 6. The van der Waals surface area contributed by atoms with Crippen LogP contribution >= 0.6 is 11.6 Å². The average molecular weight is 348 g/mol. The molecule has 0 aliphatic carbocycles. The number of pyridine rings is 1. The van der Waals surface area contributed by atoms with Crippen molar-refractivity contribution in [1.29, 1.82) is 0 Å². The van der Waals surface area contributed by atoms with E-state index >= 15 is 0 Å². The maximum Gasteiger partial charge on any atom is 0.289 e. The van der Waals surface area contributed by atoms with Crippen LogP contribution in [0.25, 0.3) is 0 Å². The number of anilines is 1. The molecular formula is C13H18ClN3O4S. The summed E-state index contributed by atoms with van der Waals surface area (Å²) in [6.07, 6.45) is 2.16. The van der Waals surface area contributed by atoms with Gasteiger partial charge in [0.2, 0.25) is 0 Å². The van der Waals surface area contributed by atoms with Gasteiger partial charge in [0.1, 0.15) is 12.0 Å². The van der Waals surface area contributed by atoms with E-state index in [1.807, 2.05) is 13.8 Å². The number of halogens is 1. The fourth-order valence-electron chi connectivity index (χ4n) is 2.82. The van der Waals surface area contributed by atoms with Crippen molar-refractivity contribution in [3.8, 4) is 0 Å². The highest BCUT2D eigenvalue weighted by molar-refractivity contribution is 7.92. The zero-order valence-electron chi connectivity index (χ0n) is 12.5. The summed E-state index contributed by atoms with van der Waals surface area (Å²) in [7, 11) is -3.18. The van der Waals surface area contributed by atoms with Gasteiger partial charge in [0.15, 0.2) is 9.84 Å². The van der Waals surface area contributed by atoms with Crippen molar-refractivity contribution in [3.63, 3.8) is 0 Å². The lowest BCUT2D eigenvalue weighted by Gasteiger charge is -2.42. The summed E-state index contributed by atoms with van der Waals surface area (Å²) in [5.74, 6) is 0.428. The minimum absolute atomic E-state index is 0.0314. The minimum Gasteiger partial charge on any atom is -0.353 e. The van der Waals surface area contributed by atoms with E-state index in [-0.39, 0.29) is 23.0 Å². The van der Waals surface area contributed by atoms with E-state index in [1.54, 1.807) is 4.90 Å². The fraction of sp³-hybridized carbons (Fsp3) is 0.615. The normalized spacial score (nSPS) is 19.9. The van der Waals surface area contributed by atoms with Crippen LogP contribution in [0.4, 0.5) is 11.5 Å². The van der Waals surface area contributed by atoms with E-state index in [0.29, 0.717) is 25.2 Å². The highest BCUT2D eigenvalue weighted by Gasteiger charge is 2.45. The maximum absolute atomic E-state index is 12.4. The smallest absolute Gasteiger partial charge is 0.289 e. The van der Waals surface area contributed by atoms with E-state index in [9.17, 15) is 18.5 Å². The summed E-state index contributed by atoms with van der Waals surface area (Å²) in [6, 6.07) is 1.24. The van der Waals surface area contributed by atoms with E-state index in [0.717, 1.165) is 6.20 Å². The Balaban J connectivity index is 2.37. The molecule has 22 heavy (non-hydrogen) atoms. The van der Waals surface area contributed by atoms with Gasteiger partial charge in [-0.2, -0.15) is 0 Å². The second-order valence-corrected chi connectivity index (χ2v) is 8.30. The standard InChI is InChI=1S/C13H18ClN3O4S/c1-3-13(4-2)9-16(5-6-22(13,20)21)12-11(14)7-10(8-15-12)17(18)19/h7-8H,3-6,9H2,1-2H3. The second kappa shape index (κ2) is 6.00. The number of rotatable bonds is 4. The maximum atomic E-state index is 12.4. The highest BCUT2D eigenvalue weighted by Crippen LogP contribution is 2.35. The predicted octanol–water partition coefficient (Wildman–Crippen LogP) is 2.44. The molecule has 122 valence electrons. The Kier molecular flexibility index (Phi) is 4.62. The van der Waals surface area contributed by atoms with Crippen molar-refractivity contribution < 1.29 is 13.3 Å². The molecule has 0 bridgehead atoms. The Labute approximate surface area is 134 Å². The molecule has 0 N–H and O–H groups in total. The second-order valence-electron chi connectivity index (χ2n) is 5.39. The molecule has 9 heteroatoms. The molecule has 7 nitrogen and oxygen atoms in total. The predicted molar refractivity (Wildman–Crippen MR) is 85.2 cm³/mol. The minimum atomic E-state index is -3.18. The Hall–Kier alpha value is -1.41. The van der Waals surface area contributed by atoms with Crippen LogP contribution in [-0.4, -0.2) is 41.9 Å². The van der Waals surface area contributed by atoms with Gasteiger partial charge in [-0.05, 0) is 12.8 Å². The molecule has 0 amide bonds. The summed E-state index contributed by atoms with van der Waals surface area (Å²) >= 11 is 6.10. The highest BCUT2D eigenvalue weighted by atomic mass is 35.5. The van der Waals surface area contributed by atoms with E-state index < -0.39 is 19.5 Å². The number of nitro groups is 1. The van der Waals surface area contributed by atoms with Crippen LogP contribution in [0.3, 0.4) is 0 Å². The van der Waals surface area contributed by atoms with Gasteiger partial charge in [-0.15, -0.1) is 0 Å². The van der Waals surface area contributed by atoms with Gasteiger partial charge in [-0.25, -0.2) is 13.4 Å². The van der Waals surface area contributed by atoms with E-state index in [4.69, 9.17) is 11.6 Å². The molecule has 1 aliphatic heterocycles. The number of aromatic nitrogens is 1. The Morgan fingerprint density at radius 1 is 1.45 bits per heavy atom. The number of nitrogens with zero attached hydrogens (tertiary/aromatic N) is 3. The largest absolute Gasteiger partial charge is 0.353 e. The summed E-state index contributed by atoms with van der Waals surface area (Å²) in [6.45, 7) is 4.30. The molecule has 1 aromatic rings. The molecule has 1 aliphatic rings. The first kappa shape index (κ1) is 17.0. The zero-order valence-corrected chi connectivity index (χ0v) is 14.0. The molecule has 1 saturated heterocycles. The molecule has 0 radical (unpaired) electrons. The van der Waals surface area contributed by atoms with Gasteiger partial charge >= 0.3 is 0 Å². The summed E-state index contributed by atoms with van der Waals surface area (Å²) in [4.78, 5) is 16.0. The van der Waals surface area contributed by atoms with Gasteiger partial charge in [-0.1, -0.05) is 25.4 Å². The van der Waals surface area contributed by atoms with Crippen LogP contribution in [0.15, 0.2) is 12.3 Å². The lowest BCUT2D eigenvalue weighted by Crippen LogP contribution is -2.56. The monoisotopic (exact) mass is 347 g/mol. The van der Waals surface area contributed by atoms with Crippen molar-refractivity contribution in [1.82, 2.24) is 4.98 Å². The Bertz CT molecular complexity index is 689. The molecule has 1 fully saturated rings. The van der Waals surface area contributed by atoms with Crippen molar-refractivity contribution in [2.45, 2.75) is 31.4 Å². The van der Waals surface area contributed by atoms with Crippen molar-refractivity contribution in [2.24, 2.45) is 0 Å². The van der Waals surface area contributed by atoms with Crippen molar-refractivity contribution in [2.75, 3.05) is 23.7 Å². The number of sulfone groups is 1. The SMILES string of the molecule is CCC1(CC)CN(c2ncc([N+](=O)[O-])cc2Cl)CCS1(=O)=O. The van der Waals surface area contributed by atoms with Crippen LogP contribution in [-0.2, 0) is 9.84 Å². The third-order valence-electron chi connectivity index (χ3n) is 4.38. The summed E-state index contributed by atoms with van der Waals surface area (Å²) in [5.41, 5.74) is -0.185. The quantitative estimate of drug-likeness (QED) is 0.613. The van der Waals surface area contributed by atoms with Gasteiger partial charge in [-0.3, -0.25) is 10.1 Å². The molecule has 1 aromatic heterocycles. The summed E-state index contributed by atoms with van der Waals surface area (Å²) < 4.78 is 24.0. The molecule has 0 atom stereocenters. The zero-order chi connectivity index (χ0) is 16.5. The third-order valence-corrected chi connectivity index (χ3v) is 7.40. The molecule has 2 heterocycles. The van der Waals surface area contributed by atoms with E-state index in [2.05, 4.69) is 4.98 Å². The lowest BCUT2D eigenvalue weighted by atomic mass is 10.0. The van der Waals surface area contributed by atoms with Crippen LogP contribution in [0.5, 0.6) is 0 Å². The van der Waals surface area contributed by atoms with E-state index in [1.165, 1.54) is 6.07 Å². The third kappa shape index (κ3) is 2.77. The molecule has 0 saturated carbocycles. The Morgan fingerprint density at radius 2 is 2.09 bits per heavy atom. The van der Waals surface area contributed by atoms with Gasteiger partial charge < -0.3 is 4.90 Å². The van der Waals surface area contributed by atoms with Crippen molar-refractivity contribution in [3.05, 3.63) is 27.4 Å². The first-order valence-electron chi connectivity index (χ1n) is 7.03. The van der Waals surface area contributed by atoms with Crippen LogP contribution in [0, 0.1) is 10.1 Å². The van der Waals surface area contributed by atoms with Crippen LogP contribution in [0.2, 0.25) is 5.02 Å². The number of hydrogen-bond donors (Lipinski definition) is 0. The van der Waals surface area contributed by atoms with Gasteiger partial charge in [0.25, 0.3) is 5.69 Å². The molecule has 2 rings (SSSR count). The first-order valence-corrected chi connectivity index (χ1v) is 9.06. The molecular weight excluding hydrogens is 330 g/mol. The van der Waals surface area contributed by atoms with Gasteiger partial charge in [0, 0.05) is 19.2 Å². The van der Waals surface area contributed by atoms with Gasteiger partial charge in [0.05, 0.1) is 20.4 Å². The lowest BCUT2D eigenvalue weighted by molar-refractivity contribution is -0.385.